The molecule has 0 unspecified atom stereocenters. The Balaban J connectivity index is 0.000000214. The van der Waals surface area contributed by atoms with Crippen LogP contribution in [0, 0.1) is 0 Å². The second-order valence-corrected chi connectivity index (χ2v) is 15.6. The summed E-state index contributed by atoms with van der Waals surface area (Å²) in [7, 11) is -4.05. The van der Waals surface area contributed by atoms with E-state index < -0.39 is 14.1 Å². The Hall–Kier alpha value is -5.60. The molecular formula is C36H34N8P2. The fourth-order valence-electron chi connectivity index (χ4n) is 4.87. The summed E-state index contributed by atoms with van der Waals surface area (Å²) in [5.41, 5.74) is 27.0. The van der Waals surface area contributed by atoms with Gasteiger partial charge in [-0.2, -0.15) is 0 Å². The monoisotopic (exact) mass is 640 g/mol. The third kappa shape index (κ3) is 8.74. The first-order chi connectivity index (χ1) is 22.5. The lowest BCUT2D eigenvalue weighted by Crippen LogP contribution is -2.44. The van der Waals surface area contributed by atoms with Crippen LogP contribution in [0.15, 0.2) is 182 Å². The van der Waals surface area contributed by atoms with Gasteiger partial charge in [0.15, 0.2) is 14.1 Å². The maximum atomic E-state index is 6.97. The van der Waals surface area contributed by atoms with Gasteiger partial charge in [0, 0.05) is 31.8 Å². The third-order valence-corrected chi connectivity index (χ3v) is 13.7. The van der Waals surface area contributed by atoms with E-state index in [0.29, 0.717) is 0 Å². The number of hydrogen-bond acceptors (Lipinski definition) is 0. The summed E-state index contributed by atoms with van der Waals surface area (Å²) in [4.78, 5) is 3.00. The number of nitrogens with two attached hydrogens (primary N) is 2. The number of nitrogens with zero attached hydrogens (tertiary/aromatic N) is 6. The average molecular weight is 641 g/mol. The second kappa shape index (κ2) is 18.3. The van der Waals surface area contributed by atoms with Gasteiger partial charge in [-0.25, -0.2) is 0 Å². The molecule has 0 fully saturated rings. The zero-order chi connectivity index (χ0) is 33.1. The lowest BCUT2D eigenvalue weighted by molar-refractivity contribution is -0.0815. The van der Waals surface area contributed by atoms with Crippen molar-refractivity contribution in [2.75, 3.05) is 0 Å². The lowest BCUT2D eigenvalue weighted by atomic mass is 10.4. The average Bonchev–Trinajstić information content (AvgIpc) is 3.14. The topological polar surface area (TPSA) is 169 Å². The van der Waals surface area contributed by atoms with Crippen LogP contribution in [0.3, 0.4) is 0 Å². The van der Waals surface area contributed by atoms with Gasteiger partial charge in [-0.1, -0.05) is 109 Å². The largest absolute Gasteiger partial charge is 0.373 e. The summed E-state index contributed by atoms with van der Waals surface area (Å²) < 4.78 is 0. The van der Waals surface area contributed by atoms with Crippen molar-refractivity contribution >= 4 is 45.9 Å². The maximum Gasteiger partial charge on any atom is 0.181 e. The van der Waals surface area contributed by atoms with Crippen LogP contribution in [0.1, 0.15) is 0 Å². The first-order valence-corrected chi connectivity index (χ1v) is 17.8. The molecule has 0 saturated heterocycles. The molecule has 0 atom stereocenters. The van der Waals surface area contributed by atoms with E-state index in [0.717, 1.165) is 0 Å². The van der Waals surface area contributed by atoms with Crippen LogP contribution in [0.2, 0.25) is 0 Å². The Labute approximate surface area is 269 Å². The highest BCUT2D eigenvalue weighted by atomic mass is 31.2. The fourth-order valence-corrected chi connectivity index (χ4v) is 10.5. The smallest absolute Gasteiger partial charge is 0.181 e. The van der Waals surface area contributed by atoms with E-state index in [2.05, 4.69) is 146 Å². The molecule has 6 rings (SSSR count). The van der Waals surface area contributed by atoms with Gasteiger partial charge >= 0.3 is 0 Å². The molecule has 0 amide bonds. The molecule has 0 radical (unpaired) electrons. The minimum Gasteiger partial charge on any atom is -0.373 e. The first-order valence-electron chi connectivity index (χ1n) is 14.1. The molecule has 46 heavy (non-hydrogen) atoms. The second-order valence-electron chi connectivity index (χ2n) is 9.64. The quantitative estimate of drug-likeness (QED) is 0.100. The molecule has 6 aromatic carbocycles. The predicted molar refractivity (Wildman–Crippen MR) is 194 cm³/mol. The Kier molecular flexibility index (Phi) is 13.9. The van der Waals surface area contributed by atoms with Crippen molar-refractivity contribution in [3.05, 3.63) is 214 Å². The molecule has 10 heteroatoms. The molecule has 6 aromatic rings. The number of benzene rings is 6. The van der Waals surface area contributed by atoms with Gasteiger partial charge in [0.25, 0.3) is 0 Å². The summed E-state index contributed by atoms with van der Waals surface area (Å²) in [5.74, 6) is 0. The van der Waals surface area contributed by atoms with Crippen LogP contribution in [0.4, 0.5) is 0 Å². The molecule has 0 aliphatic rings. The van der Waals surface area contributed by atoms with E-state index in [1.165, 1.54) is 41.7 Å². The van der Waals surface area contributed by atoms with Crippen molar-refractivity contribution in [2.24, 2.45) is 0 Å². The van der Waals surface area contributed by atoms with Gasteiger partial charge in [0.2, 0.25) is 0 Å². The van der Waals surface area contributed by atoms with Crippen molar-refractivity contribution in [3.8, 4) is 0 Å². The van der Waals surface area contributed by atoms with Gasteiger partial charge in [-0.05, 0) is 72.8 Å². The molecule has 0 aliphatic carbocycles. The number of hydrogen-bond donors (Lipinski definition) is 2. The zero-order valence-corrected chi connectivity index (χ0v) is 26.8. The Morgan fingerprint density at radius 2 is 0.391 bits per heavy atom. The Morgan fingerprint density at radius 3 is 0.500 bits per heavy atom. The van der Waals surface area contributed by atoms with Crippen LogP contribution in [0.5, 0.6) is 0 Å². The van der Waals surface area contributed by atoms with Gasteiger partial charge < -0.3 is 22.1 Å². The van der Waals surface area contributed by atoms with Crippen LogP contribution in [-0.4, -0.2) is 0 Å². The highest BCUT2D eigenvalue weighted by Crippen LogP contribution is 2.38. The van der Waals surface area contributed by atoms with E-state index in [-0.39, 0.29) is 0 Å². The molecule has 0 aliphatic heterocycles. The molecule has 4 N–H and O–H groups in total. The lowest BCUT2D eigenvalue weighted by Gasteiger charge is -2.18. The SMILES string of the molecule is [N-]=[N+]=[N-].[N-]=[N+]=[N-].[NH2+]=P(c1ccccc1)(c1ccccc1)c1ccccc1.[NH2+]=P(c1ccccc1)(c1ccccc1)c1ccccc1. The van der Waals surface area contributed by atoms with Crippen LogP contribution >= 0.6 is 14.1 Å². The van der Waals surface area contributed by atoms with Crippen molar-refractivity contribution in [2.45, 2.75) is 0 Å². The van der Waals surface area contributed by atoms with E-state index in [9.17, 15) is 0 Å². The molecular weight excluding hydrogens is 606 g/mol. The molecule has 228 valence electrons. The van der Waals surface area contributed by atoms with E-state index in [1.54, 1.807) is 0 Å². The van der Waals surface area contributed by atoms with Gasteiger partial charge in [-0.15, -0.1) is 0 Å². The molecule has 0 saturated carbocycles. The normalized spacial score (nSPS) is 10.1. The van der Waals surface area contributed by atoms with Gasteiger partial charge in [0.05, 0.1) is 0 Å². The highest BCUT2D eigenvalue weighted by Gasteiger charge is 2.31. The Bertz CT molecular complexity index is 1560. The van der Waals surface area contributed by atoms with Crippen molar-refractivity contribution in [1.82, 2.24) is 0 Å². The maximum absolute atomic E-state index is 6.97. The van der Waals surface area contributed by atoms with Gasteiger partial charge in [-0.3, -0.25) is 20.1 Å². The van der Waals surface area contributed by atoms with Crippen LogP contribution in [0.25, 0.3) is 31.9 Å². The molecule has 0 aromatic heterocycles. The van der Waals surface area contributed by atoms with Crippen molar-refractivity contribution in [3.63, 3.8) is 0 Å². The molecule has 0 heterocycles. The summed E-state index contributed by atoms with van der Waals surface area (Å²) >= 11 is 0. The number of rotatable bonds is 6. The molecule has 0 bridgehead atoms. The standard InChI is InChI=1S/2C18H16NP.2N3/c2*19-20(16-10-4-1-5-11-16,17-12-6-2-7-13-17)18-14-8-3-9-15-18;2*1-3-2/h2*1-15,19H;;/q;;2*-1/p+2. The van der Waals surface area contributed by atoms with Crippen LogP contribution < -0.4 is 42.2 Å². The van der Waals surface area contributed by atoms with E-state index in [1.807, 2.05) is 36.4 Å². The highest BCUT2D eigenvalue weighted by molar-refractivity contribution is 7.85. The van der Waals surface area contributed by atoms with Crippen molar-refractivity contribution < 1.29 is 10.3 Å². The predicted octanol–water partition coefficient (Wildman–Crippen LogP) is 5.58. The molecule has 8 nitrogen and oxygen atoms in total. The third-order valence-electron chi connectivity index (χ3n) is 6.98. The minimum atomic E-state index is -2.03. The van der Waals surface area contributed by atoms with Gasteiger partial charge in [0.1, 0.15) is 0 Å². The summed E-state index contributed by atoms with van der Waals surface area (Å²) in [6.45, 7) is 0. The molecule has 0 spiro atoms. The summed E-state index contributed by atoms with van der Waals surface area (Å²) in [5, 5.41) is 21.2. The van der Waals surface area contributed by atoms with E-state index >= 15 is 0 Å². The summed E-state index contributed by atoms with van der Waals surface area (Å²) in [6.07, 6.45) is 0. The van der Waals surface area contributed by atoms with E-state index in [4.69, 9.17) is 32.4 Å². The Morgan fingerprint density at radius 1 is 0.283 bits per heavy atom. The van der Waals surface area contributed by atoms with Crippen molar-refractivity contribution in [1.29, 1.82) is 0 Å². The minimum absolute atomic E-state index is 1.21. The fraction of sp³-hybridized carbons (Fsp3) is 0. The van der Waals surface area contributed by atoms with Crippen LogP contribution in [-0.2, 0) is 0 Å². The zero-order valence-electron chi connectivity index (χ0n) is 25.1. The first kappa shape index (κ1) is 34.9. The summed E-state index contributed by atoms with van der Waals surface area (Å²) in [6, 6.07) is 62.5.